The zero-order valence-electron chi connectivity index (χ0n) is 38.7. The van der Waals surface area contributed by atoms with E-state index >= 15 is 0 Å². The molecule has 0 bridgehead atoms. The van der Waals surface area contributed by atoms with E-state index in [1.165, 1.54) is 0 Å². The molecule has 0 unspecified atom stereocenters. The van der Waals surface area contributed by atoms with E-state index in [2.05, 4.69) is 0 Å². The van der Waals surface area contributed by atoms with E-state index < -0.39 is 46.3 Å². The van der Waals surface area contributed by atoms with Crippen molar-refractivity contribution in [1.29, 1.82) is 0 Å². The highest BCUT2D eigenvalue weighted by atomic mass is 28.4. The molecule has 0 aliphatic heterocycles. The van der Waals surface area contributed by atoms with Crippen LogP contribution in [0.15, 0.2) is 0 Å². The average Bonchev–Trinajstić information content (AvgIpc) is 3.13. The maximum absolute atomic E-state index is 7.66. The van der Waals surface area contributed by atoms with Crippen LogP contribution in [-0.2, 0) is 53.1 Å². The van der Waals surface area contributed by atoms with E-state index in [0.717, 1.165) is 25.7 Å². The summed E-state index contributed by atoms with van der Waals surface area (Å²) in [5.74, 6) is 0. The second kappa shape index (κ2) is 32.1. The van der Waals surface area contributed by atoms with Crippen LogP contribution in [0.25, 0.3) is 0 Å². The molecule has 0 aromatic carbocycles. The molecule has 0 amide bonds. The molecule has 0 heterocycles. The summed E-state index contributed by atoms with van der Waals surface area (Å²) in [7, 11) is -11.6. The SMILES string of the molecule is CCO[Si](CCCC(N)(CCC[Si](OCC)(OCC)OCC)CC(N)(CCC[Si](OCC)(OCC)OCC)CCC[Si](OCC)(OCC)OCC)(OCC)OCC. The molecule has 0 radical (unpaired) electrons. The van der Waals surface area contributed by atoms with Crippen molar-refractivity contribution in [2.45, 2.75) is 176 Å². The van der Waals surface area contributed by atoms with Crippen LogP contribution in [0, 0.1) is 0 Å². The largest absolute Gasteiger partial charge is 0.500 e. The predicted molar refractivity (Wildman–Crippen MR) is 237 cm³/mol. The Morgan fingerprint density at radius 3 is 0.544 bits per heavy atom. The summed E-state index contributed by atoms with van der Waals surface area (Å²) in [5.41, 5.74) is 14.1. The van der Waals surface area contributed by atoms with Gasteiger partial charge in [-0.2, -0.15) is 0 Å². The molecule has 57 heavy (non-hydrogen) atoms. The summed E-state index contributed by atoms with van der Waals surface area (Å²) < 4.78 is 74.9. The number of hydrogen-bond acceptors (Lipinski definition) is 14. The van der Waals surface area contributed by atoms with Gasteiger partial charge in [0.1, 0.15) is 0 Å². The van der Waals surface area contributed by atoms with Gasteiger partial charge in [0.2, 0.25) is 0 Å². The Balaban J connectivity index is 6.91. The lowest BCUT2D eigenvalue weighted by Crippen LogP contribution is -2.54. The number of nitrogens with two attached hydrogens (primary N) is 2. The molecule has 0 fully saturated rings. The van der Waals surface area contributed by atoms with Gasteiger partial charge < -0.3 is 64.6 Å². The average molecular weight is 891 g/mol. The van der Waals surface area contributed by atoms with E-state index in [1.54, 1.807) is 0 Å². The highest BCUT2D eigenvalue weighted by molar-refractivity contribution is 6.61. The first kappa shape index (κ1) is 57.3. The zero-order chi connectivity index (χ0) is 43.2. The first-order valence-electron chi connectivity index (χ1n) is 22.5. The maximum atomic E-state index is 7.66. The van der Waals surface area contributed by atoms with Crippen LogP contribution in [0.3, 0.4) is 0 Å². The van der Waals surface area contributed by atoms with Gasteiger partial charge in [-0.15, -0.1) is 0 Å². The lowest BCUT2D eigenvalue weighted by atomic mass is 9.74. The van der Waals surface area contributed by atoms with Crippen molar-refractivity contribution in [3.05, 3.63) is 0 Å². The topological polar surface area (TPSA) is 163 Å². The van der Waals surface area contributed by atoms with Crippen molar-refractivity contribution in [2.24, 2.45) is 11.5 Å². The minimum atomic E-state index is -2.89. The van der Waals surface area contributed by atoms with Crippen molar-refractivity contribution >= 4 is 35.2 Å². The monoisotopic (exact) mass is 891 g/mol. The normalized spacial score (nSPS) is 13.6. The molecule has 18 heteroatoms. The van der Waals surface area contributed by atoms with Crippen molar-refractivity contribution in [1.82, 2.24) is 0 Å². The van der Waals surface area contributed by atoms with Gasteiger partial charge in [0.05, 0.1) is 0 Å². The van der Waals surface area contributed by atoms with E-state index in [-0.39, 0.29) is 0 Å². The van der Waals surface area contributed by atoms with Crippen molar-refractivity contribution in [3.63, 3.8) is 0 Å². The van der Waals surface area contributed by atoms with E-state index in [0.29, 0.717) is 136 Å². The Hall–Kier alpha value is 0.308. The van der Waals surface area contributed by atoms with Gasteiger partial charge in [0.25, 0.3) is 0 Å². The number of hydrogen-bond donors (Lipinski definition) is 2. The molecule has 0 saturated carbocycles. The van der Waals surface area contributed by atoms with Crippen LogP contribution in [-0.4, -0.2) is 126 Å². The second-order valence-corrected chi connectivity index (χ2v) is 25.2. The summed E-state index contributed by atoms with van der Waals surface area (Å²) in [6.07, 6.45) is 6.54. The summed E-state index contributed by atoms with van der Waals surface area (Å²) >= 11 is 0. The molecule has 4 N–H and O–H groups in total. The van der Waals surface area contributed by atoms with Crippen molar-refractivity contribution in [2.75, 3.05) is 79.3 Å². The van der Waals surface area contributed by atoms with Crippen LogP contribution >= 0.6 is 0 Å². The number of rotatable bonds is 42. The lowest BCUT2D eigenvalue weighted by molar-refractivity contribution is 0.0691. The Labute approximate surface area is 354 Å². The molecule has 0 spiro atoms. The maximum Gasteiger partial charge on any atom is 0.500 e. The summed E-state index contributed by atoms with van der Waals surface area (Å²) in [4.78, 5) is 0. The van der Waals surface area contributed by atoms with Gasteiger partial charge in [-0.25, -0.2) is 0 Å². The van der Waals surface area contributed by atoms with E-state index in [4.69, 9.17) is 64.6 Å². The Bertz CT molecular complexity index is 761. The lowest BCUT2D eigenvalue weighted by Gasteiger charge is -2.41. The van der Waals surface area contributed by atoms with Gasteiger partial charge in [-0.1, -0.05) is 0 Å². The van der Waals surface area contributed by atoms with Gasteiger partial charge in [-0.05, 0) is 141 Å². The summed E-state index contributed by atoms with van der Waals surface area (Å²) in [5, 5.41) is 0. The van der Waals surface area contributed by atoms with Crippen molar-refractivity contribution < 1.29 is 53.1 Å². The molecular formula is C39H90N2O12Si4. The molecule has 14 nitrogen and oxygen atoms in total. The van der Waals surface area contributed by atoms with Gasteiger partial charge in [0.15, 0.2) is 0 Å². The third kappa shape index (κ3) is 22.3. The summed E-state index contributed by atoms with van der Waals surface area (Å²) in [6, 6.07) is 2.69. The molecule has 0 aromatic heterocycles. The van der Waals surface area contributed by atoms with Gasteiger partial charge >= 0.3 is 35.2 Å². The zero-order valence-corrected chi connectivity index (χ0v) is 42.7. The minimum Gasteiger partial charge on any atom is -0.374 e. The molecule has 0 atom stereocenters. The van der Waals surface area contributed by atoms with Crippen LogP contribution in [0.4, 0.5) is 0 Å². The quantitative estimate of drug-likeness (QED) is 0.0566. The Morgan fingerprint density at radius 2 is 0.421 bits per heavy atom. The fourth-order valence-electron chi connectivity index (χ4n) is 7.94. The first-order valence-corrected chi connectivity index (χ1v) is 30.2. The molecule has 0 aliphatic carbocycles. The Morgan fingerprint density at radius 1 is 0.281 bits per heavy atom. The summed E-state index contributed by atoms with van der Waals surface area (Å²) in [6.45, 7) is 30.1. The molecular weight excluding hydrogens is 801 g/mol. The van der Waals surface area contributed by atoms with Gasteiger partial charge in [0, 0.05) is 115 Å². The third-order valence-corrected chi connectivity index (χ3v) is 22.3. The van der Waals surface area contributed by atoms with Crippen LogP contribution in [0.5, 0.6) is 0 Å². The highest BCUT2D eigenvalue weighted by Crippen LogP contribution is 2.37. The van der Waals surface area contributed by atoms with Crippen LogP contribution < -0.4 is 11.5 Å². The van der Waals surface area contributed by atoms with E-state index in [9.17, 15) is 0 Å². The predicted octanol–water partition coefficient (Wildman–Crippen LogP) is 8.09. The smallest absolute Gasteiger partial charge is 0.374 e. The van der Waals surface area contributed by atoms with Crippen LogP contribution in [0.2, 0.25) is 24.2 Å². The Kier molecular flexibility index (Phi) is 32.2. The van der Waals surface area contributed by atoms with E-state index in [1.807, 2.05) is 83.1 Å². The molecule has 0 rings (SSSR count). The minimum absolute atomic E-state index is 0.525. The first-order chi connectivity index (χ1) is 27.3. The van der Waals surface area contributed by atoms with Gasteiger partial charge in [-0.3, -0.25) is 0 Å². The fraction of sp³-hybridized carbons (Fsp3) is 1.00. The highest BCUT2D eigenvalue weighted by Gasteiger charge is 2.46. The standard InChI is InChI=1S/C39H90N2O12Si4/c1-13-42-54(43-14-2,44-15-3)33-25-29-38(40,30-26-34-55(45-16-4,46-17-5)47-18-6)37-39(41,31-27-35-56(48-19-7,49-20-8)50-21-9)32-28-36-57(51-22-10,52-23-11)53-24-12/h13-37,40-41H2,1-12H3. The molecule has 0 saturated heterocycles. The second-order valence-electron chi connectivity index (χ2n) is 14.2. The molecule has 0 aromatic rings. The molecule has 344 valence electrons. The molecule has 0 aliphatic rings. The van der Waals surface area contributed by atoms with Crippen LogP contribution in [0.1, 0.15) is 141 Å². The third-order valence-electron chi connectivity index (χ3n) is 9.71. The fourth-order valence-corrected chi connectivity index (χ4v) is 18.4. The van der Waals surface area contributed by atoms with Crippen molar-refractivity contribution in [3.8, 4) is 0 Å².